The molecule has 2 rings (SSSR count). The number of nitrogens with zero attached hydrogens (tertiary/aromatic N) is 1. The number of aliphatic hydroxyl groups excluding tert-OH is 1. The predicted octanol–water partition coefficient (Wildman–Crippen LogP) is 2.99. The molecule has 0 radical (unpaired) electrons. The normalized spacial score (nSPS) is 21.3. The summed E-state index contributed by atoms with van der Waals surface area (Å²) in [5.74, 6) is -0.467. The number of halogens is 1. The van der Waals surface area contributed by atoms with Crippen LogP contribution in [0, 0.1) is 5.82 Å². The molecule has 1 N–H and O–H groups in total. The van der Waals surface area contributed by atoms with Crippen LogP contribution in [0.4, 0.5) is 4.39 Å². The fourth-order valence-electron chi connectivity index (χ4n) is 2.81. The van der Waals surface area contributed by atoms with Crippen LogP contribution in [-0.4, -0.2) is 22.8 Å². The molecule has 1 fully saturated rings. The topological polar surface area (TPSA) is 42.4 Å². The van der Waals surface area contributed by atoms with Crippen molar-refractivity contribution < 1.29 is 14.2 Å². The van der Waals surface area contributed by atoms with Gasteiger partial charge in [0, 0.05) is 18.9 Å². The van der Waals surface area contributed by atoms with Gasteiger partial charge >= 0.3 is 0 Å². The van der Waals surface area contributed by atoms with Gasteiger partial charge in [0.15, 0.2) is 0 Å². The average Bonchev–Trinajstić information content (AvgIpc) is 2.65. The highest BCUT2D eigenvalue weighted by atomic mass is 19.1. The Morgan fingerprint density at radius 1 is 1.33 bits per heavy atom. The number of aliphatic hydroxyl groups is 1. The Kier molecular flexibility index (Phi) is 4.30. The zero-order valence-corrected chi connectivity index (χ0v) is 10.7. The molecule has 1 aromatic heterocycles. The molecule has 100 valence electrons. The summed E-state index contributed by atoms with van der Waals surface area (Å²) in [6.07, 6.45) is 7.57. The van der Waals surface area contributed by atoms with E-state index in [0.717, 1.165) is 44.7 Å². The van der Waals surface area contributed by atoms with E-state index in [0.29, 0.717) is 0 Å². The SMILES string of the molecule is COC1(C(O)c2ccncc2F)CCCCCC1. The maximum Gasteiger partial charge on any atom is 0.147 e. The summed E-state index contributed by atoms with van der Waals surface area (Å²) < 4.78 is 19.3. The highest BCUT2D eigenvalue weighted by Gasteiger charge is 2.40. The highest BCUT2D eigenvalue weighted by Crippen LogP contribution is 2.40. The summed E-state index contributed by atoms with van der Waals surface area (Å²) in [6.45, 7) is 0. The second kappa shape index (κ2) is 5.76. The summed E-state index contributed by atoms with van der Waals surface area (Å²) in [5.41, 5.74) is -0.368. The van der Waals surface area contributed by atoms with E-state index in [1.165, 1.54) is 12.3 Å². The summed E-state index contributed by atoms with van der Waals surface area (Å²) in [5, 5.41) is 10.5. The van der Waals surface area contributed by atoms with Crippen molar-refractivity contribution in [3.8, 4) is 0 Å². The van der Waals surface area contributed by atoms with E-state index in [2.05, 4.69) is 4.98 Å². The van der Waals surface area contributed by atoms with Gasteiger partial charge in [0.1, 0.15) is 11.9 Å². The second-order valence-corrected chi connectivity index (χ2v) is 4.98. The van der Waals surface area contributed by atoms with Crippen molar-refractivity contribution in [2.45, 2.75) is 50.2 Å². The molecule has 1 aliphatic carbocycles. The van der Waals surface area contributed by atoms with E-state index >= 15 is 0 Å². The van der Waals surface area contributed by atoms with Crippen LogP contribution in [-0.2, 0) is 4.74 Å². The van der Waals surface area contributed by atoms with Crippen LogP contribution in [0.5, 0.6) is 0 Å². The van der Waals surface area contributed by atoms with Gasteiger partial charge in [0.05, 0.1) is 11.8 Å². The third-order valence-electron chi connectivity index (χ3n) is 3.95. The lowest BCUT2D eigenvalue weighted by molar-refractivity contribution is -0.115. The molecular formula is C14H20FNO2. The summed E-state index contributed by atoms with van der Waals surface area (Å²) in [6, 6.07) is 1.53. The highest BCUT2D eigenvalue weighted by molar-refractivity contribution is 5.19. The first-order valence-electron chi connectivity index (χ1n) is 6.52. The van der Waals surface area contributed by atoms with E-state index in [1.54, 1.807) is 7.11 Å². The van der Waals surface area contributed by atoms with Gasteiger partial charge in [-0.3, -0.25) is 4.98 Å². The van der Waals surface area contributed by atoms with Crippen LogP contribution in [0.2, 0.25) is 0 Å². The van der Waals surface area contributed by atoms with Crippen LogP contribution < -0.4 is 0 Å². The molecule has 0 bridgehead atoms. The first-order chi connectivity index (χ1) is 8.69. The average molecular weight is 253 g/mol. The summed E-state index contributed by atoms with van der Waals surface area (Å²) in [7, 11) is 1.60. The molecule has 0 aliphatic heterocycles. The van der Waals surface area contributed by atoms with Crippen molar-refractivity contribution >= 4 is 0 Å². The lowest BCUT2D eigenvalue weighted by Crippen LogP contribution is -2.38. The molecule has 0 spiro atoms. The number of hydrogen-bond acceptors (Lipinski definition) is 3. The van der Waals surface area contributed by atoms with Gasteiger partial charge < -0.3 is 9.84 Å². The third kappa shape index (κ3) is 2.54. The molecule has 0 aromatic carbocycles. The van der Waals surface area contributed by atoms with Gasteiger partial charge in [-0.25, -0.2) is 4.39 Å². The molecular weight excluding hydrogens is 233 g/mol. The zero-order valence-electron chi connectivity index (χ0n) is 10.7. The largest absolute Gasteiger partial charge is 0.385 e. The van der Waals surface area contributed by atoms with Gasteiger partial charge in [-0.15, -0.1) is 0 Å². The molecule has 1 saturated carbocycles. The minimum absolute atomic E-state index is 0.286. The van der Waals surface area contributed by atoms with E-state index in [9.17, 15) is 9.50 Å². The molecule has 1 aliphatic rings. The lowest BCUT2D eigenvalue weighted by atomic mass is 9.84. The summed E-state index contributed by atoms with van der Waals surface area (Å²) in [4.78, 5) is 3.71. The van der Waals surface area contributed by atoms with Crippen LogP contribution >= 0.6 is 0 Å². The Labute approximate surface area is 107 Å². The van der Waals surface area contributed by atoms with Crippen LogP contribution in [0.1, 0.15) is 50.2 Å². The fourth-order valence-corrected chi connectivity index (χ4v) is 2.81. The molecule has 1 atom stereocenters. The van der Waals surface area contributed by atoms with E-state index in [-0.39, 0.29) is 5.56 Å². The standard InChI is InChI=1S/C14H20FNO2/c1-18-14(7-4-2-3-5-8-14)13(17)11-6-9-16-10-12(11)15/h6,9-10,13,17H,2-5,7-8H2,1H3. The Balaban J connectivity index is 2.28. The second-order valence-electron chi connectivity index (χ2n) is 4.98. The molecule has 0 saturated heterocycles. The van der Waals surface area contributed by atoms with Crippen LogP contribution in [0.25, 0.3) is 0 Å². The van der Waals surface area contributed by atoms with Crippen LogP contribution in [0.15, 0.2) is 18.5 Å². The number of rotatable bonds is 3. The van der Waals surface area contributed by atoms with Gasteiger partial charge in [-0.1, -0.05) is 25.7 Å². The molecule has 4 heteroatoms. The van der Waals surface area contributed by atoms with E-state index in [1.807, 2.05) is 0 Å². The minimum Gasteiger partial charge on any atom is -0.385 e. The first kappa shape index (κ1) is 13.4. The van der Waals surface area contributed by atoms with Gasteiger partial charge in [-0.05, 0) is 18.9 Å². The van der Waals surface area contributed by atoms with E-state index in [4.69, 9.17) is 4.74 Å². The van der Waals surface area contributed by atoms with Crippen molar-refractivity contribution in [3.63, 3.8) is 0 Å². The maximum atomic E-state index is 13.7. The number of aromatic nitrogens is 1. The molecule has 3 nitrogen and oxygen atoms in total. The Morgan fingerprint density at radius 2 is 2.00 bits per heavy atom. The van der Waals surface area contributed by atoms with Crippen molar-refractivity contribution in [1.29, 1.82) is 0 Å². The third-order valence-corrected chi connectivity index (χ3v) is 3.95. The first-order valence-corrected chi connectivity index (χ1v) is 6.52. The minimum atomic E-state index is -0.927. The van der Waals surface area contributed by atoms with Gasteiger partial charge in [-0.2, -0.15) is 0 Å². The Hall–Kier alpha value is -1.00. The molecule has 0 amide bonds. The Morgan fingerprint density at radius 3 is 2.56 bits per heavy atom. The predicted molar refractivity (Wildman–Crippen MR) is 66.6 cm³/mol. The maximum absolute atomic E-state index is 13.7. The van der Waals surface area contributed by atoms with Crippen molar-refractivity contribution in [2.24, 2.45) is 0 Å². The van der Waals surface area contributed by atoms with Crippen molar-refractivity contribution in [3.05, 3.63) is 29.8 Å². The zero-order chi connectivity index (χ0) is 13.0. The van der Waals surface area contributed by atoms with E-state index < -0.39 is 17.5 Å². The quantitative estimate of drug-likeness (QED) is 0.842. The lowest BCUT2D eigenvalue weighted by Gasteiger charge is -2.36. The monoisotopic (exact) mass is 253 g/mol. The number of pyridine rings is 1. The number of methoxy groups -OCH3 is 1. The number of ether oxygens (including phenoxy) is 1. The van der Waals surface area contributed by atoms with Gasteiger partial charge in [0.2, 0.25) is 0 Å². The Bertz CT molecular complexity index is 389. The molecule has 18 heavy (non-hydrogen) atoms. The van der Waals surface area contributed by atoms with Gasteiger partial charge in [0.25, 0.3) is 0 Å². The molecule has 1 unspecified atom stereocenters. The number of hydrogen-bond donors (Lipinski definition) is 1. The van der Waals surface area contributed by atoms with Crippen molar-refractivity contribution in [2.75, 3.05) is 7.11 Å². The van der Waals surface area contributed by atoms with Crippen molar-refractivity contribution in [1.82, 2.24) is 4.98 Å². The van der Waals surface area contributed by atoms with Crippen LogP contribution in [0.3, 0.4) is 0 Å². The fraction of sp³-hybridized carbons (Fsp3) is 0.643. The smallest absolute Gasteiger partial charge is 0.147 e. The molecule has 1 heterocycles. The molecule has 1 aromatic rings. The summed E-state index contributed by atoms with van der Waals surface area (Å²) >= 11 is 0.